The van der Waals surface area contributed by atoms with Crippen LogP contribution in [0.4, 0.5) is 4.39 Å². The van der Waals surface area contributed by atoms with Crippen molar-refractivity contribution < 1.29 is 9.18 Å². The van der Waals surface area contributed by atoms with Gasteiger partial charge in [-0.25, -0.2) is 4.39 Å². The summed E-state index contributed by atoms with van der Waals surface area (Å²) >= 11 is 0. The maximum atomic E-state index is 13.1. The van der Waals surface area contributed by atoms with Gasteiger partial charge >= 0.3 is 0 Å². The minimum Gasteiger partial charge on any atom is -0.345 e. The summed E-state index contributed by atoms with van der Waals surface area (Å²) < 4.78 is 14.6. The second kappa shape index (κ2) is 7.43. The van der Waals surface area contributed by atoms with Crippen LogP contribution in [-0.2, 0) is 7.05 Å². The molecule has 1 amide bonds. The van der Waals surface area contributed by atoms with Gasteiger partial charge in [-0.05, 0) is 42.2 Å². The molecule has 0 bridgehead atoms. The van der Waals surface area contributed by atoms with Crippen LogP contribution in [0.5, 0.6) is 0 Å². The summed E-state index contributed by atoms with van der Waals surface area (Å²) in [6, 6.07) is 9.12. The summed E-state index contributed by atoms with van der Waals surface area (Å²) in [5.41, 5.74) is 1.49. The van der Waals surface area contributed by atoms with E-state index in [1.807, 2.05) is 20.8 Å². The molecule has 2 aromatic rings. The molecule has 2 rings (SSSR count). The number of pyridine rings is 1. The normalized spacial score (nSPS) is 12.2. The average Bonchev–Trinajstić information content (AvgIpc) is 2.55. The van der Waals surface area contributed by atoms with Crippen LogP contribution in [0.2, 0.25) is 0 Å². The van der Waals surface area contributed by atoms with E-state index < -0.39 is 5.91 Å². The lowest BCUT2D eigenvalue weighted by Crippen LogP contribution is -2.35. The third kappa shape index (κ3) is 3.72. The Hall–Kier alpha value is -2.43. The smallest absolute Gasteiger partial charge is 0.263 e. The predicted octanol–water partition coefficient (Wildman–Crippen LogP) is 3.53. The quantitative estimate of drug-likeness (QED) is 0.912. The van der Waals surface area contributed by atoms with Gasteiger partial charge in [-0.15, -0.1) is 0 Å². The van der Waals surface area contributed by atoms with E-state index in [1.54, 1.807) is 31.3 Å². The Kier molecular flexibility index (Phi) is 5.54. The molecule has 0 unspecified atom stereocenters. The monoisotopic (exact) mass is 330 g/mol. The maximum Gasteiger partial charge on any atom is 0.263 e. The SMILES string of the molecule is CC[C@H](NC(=O)c1ccc(C(C)C)n(C)c1=O)c1ccc(F)cc1. The topological polar surface area (TPSA) is 51.1 Å². The van der Waals surface area contributed by atoms with Crippen LogP contribution >= 0.6 is 0 Å². The molecule has 0 radical (unpaired) electrons. The van der Waals surface area contributed by atoms with Gasteiger partial charge in [-0.1, -0.05) is 32.9 Å². The Labute approximate surface area is 141 Å². The summed E-state index contributed by atoms with van der Waals surface area (Å²) in [6.45, 7) is 5.92. The molecule has 1 aromatic carbocycles. The molecule has 0 fully saturated rings. The van der Waals surface area contributed by atoms with Gasteiger partial charge in [0.05, 0.1) is 6.04 Å². The first-order valence-electron chi connectivity index (χ1n) is 8.11. The number of rotatable bonds is 5. The lowest BCUT2D eigenvalue weighted by Gasteiger charge is -2.18. The zero-order valence-electron chi connectivity index (χ0n) is 14.5. The Morgan fingerprint density at radius 2 is 1.79 bits per heavy atom. The van der Waals surface area contributed by atoms with Gasteiger partial charge in [0.25, 0.3) is 11.5 Å². The first-order valence-corrected chi connectivity index (χ1v) is 8.11. The van der Waals surface area contributed by atoms with Crippen molar-refractivity contribution in [1.82, 2.24) is 9.88 Å². The zero-order valence-corrected chi connectivity index (χ0v) is 14.5. The zero-order chi connectivity index (χ0) is 17.9. The molecule has 128 valence electrons. The maximum absolute atomic E-state index is 13.1. The summed E-state index contributed by atoms with van der Waals surface area (Å²) in [7, 11) is 1.67. The second-order valence-corrected chi connectivity index (χ2v) is 6.18. The number of halogens is 1. The number of nitrogens with one attached hydrogen (secondary N) is 1. The van der Waals surface area contributed by atoms with E-state index in [-0.39, 0.29) is 28.9 Å². The minimum absolute atomic E-state index is 0.113. The van der Waals surface area contributed by atoms with E-state index in [4.69, 9.17) is 0 Å². The number of amides is 1. The van der Waals surface area contributed by atoms with Crippen molar-refractivity contribution in [3.63, 3.8) is 0 Å². The standard InChI is InChI=1S/C19H23FN2O2/c1-5-16(13-6-8-14(20)9-7-13)21-18(23)15-10-11-17(12(2)3)22(4)19(15)24/h6-12,16H,5H2,1-4H3,(H,21,23)/t16-/m0/s1. The van der Waals surface area contributed by atoms with Crippen molar-refractivity contribution in [2.75, 3.05) is 0 Å². The molecular formula is C19H23FN2O2. The highest BCUT2D eigenvalue weighted by molar-refractivity contribution is 5.94. The van der Waals surface area contributed by atoms with Crippen LogP contribution in [0, 0.1) is 5.82 Å². The van der Waals surface area contributed by atoms with Crippen molar-refractivity contribution in [1.29, 1.82) is 0 Å². The predicted molar refractivity (Wildman–Crippen MR) is 92.7 cm³/mol. The van der Waals surface area contributed by atoms with Crippen LogP contribution in [0.1, 0.15) is 60.8 Å². The van der Waals surface area contributed by atoms with Crippen LogP contribution in [0.25, 0.3) is 0 Å². The van der Waals surface area contributed by atoms with Gasteiger partial charge in [0.15, 0.2) is 0 Å². The molecule has 1 heterocycles. The molecule has 1 N–H and O–H groups in total. The van der Waals surface area contributed by atoms with E-state index in [0.29, 0.717) is 6.42 Å². The van der Waals surface area contributed by atoms with Crippen molar-refractivity contribution in [3.05, 3.63) is 69.4 Å². The molecule has 0 saturated heterocycles. The van der Waals surface area contributed by atoms with Crippen molar-refractivity contribution >= 4 is 5.91 Å². The van der Waals surface area contributed by atoms with Crippen LogP contribution in [0.3, 0.4) is 0 Å². The largest absolute Gasteiger partial charge is 0.345 e. The van der Waals surface area contributed by atoms with Crippen molar-refractivity contribution in [3.8, 4) is 0 Å². The number of hydrogen-bond donors (Lipinski definition) is 1. The third-order valence-corrected chi connectivity index (χ3v) is 4.17. The molecule has 0 spiro atoms. The fourth-order valence-corrected chi connectivity index (χ4v) is 2.75. The van der Waals surface area contributed by atoms with E-state index in [2.05, 4.69) is 5.32 Å². The Bertz CT molecular complexity index is 779. The minimum atomic E-state index is -0.415. The summed E-state index contributed by atoms with van der Waals surface area (Å²) in [5, 5.41) is 2.86. The Balaban J connectivity index is 2.27. The number of carbonyl (C=O) groups excluding carboxylic acids is 1. The number of nitrogens with zero attached hydrogens (tertiary/aromatic N) is 1. The van der Waals surface area contributed by atoms with Gasteiger partial charge in [-0.3, -0.25) is 9.59 Å². The van der Waals surface area contributed by atoms with E-state index in [1.165, 1.54) is 16.7 Å². The fraction of sp³-hybridized carbons (Fsp3) is 0.368. The molecule has 0 aliphatic rings. The highest BCUT2D eigenvalue weighted by atomic mass is 19.1. The molecule has 1 aromatic heterocycles. The lowest BCUT2D eigenvalue weighted by atomic mass is 10.0. The average molecular weight is 330 g/mol. The van der Waals surface area contributed by atoms with Gasteiger partial charge < -0.3 is 9.88 Å². The number of hydrogen-bond acceptors (Lipinski definition) is 2. The first-order chi connectivity index (χ1) is 11.3. The van der Waals surface area contributed by atoms with Gasteiger partial charge in [0.1, 0.15) is 11.4 Å². The molecule has 24 heavy (non-hydrogen) atoms. The summed E-state index contributed by atoms with van der Waals surface area (Å²) in [5.74, 6) is -0.539. The van der Waals surface area contributed by atoms with Crippen LogP contribution in [0.15, 0.2) is 41.2 Å². The molecule has 0 saturated carbocycles. The number of carbonyl (C=O) groups is 1. The number of benzene rings is 1. The Morgan fingerprint density at radius 3 is 2.33 bits per heavy atom. The van der Waals surface area contributed by atoms with Crippen molar-refractivity contribution in [2.24, 2.45) is 7.05 Å². The summed E-state index contributed by atoms with van der Waals surface area (Å²) in [6.07, 6.45) is 0.641. The van der Waals surface area contributed by atoms with E-state index >= 15 is 0 Å². The van der Waals surface area contributed by atoms with Gasteiger partial charge in [0.2, 0.25) is 0 Å². The summed E-state index contributed by atoms with van der Waals surface area (Å²) in [4.78, 5) is 24.9. The molecule has 0 aliphatic carbocycles. The van der Waals surface area contributed by atoms with Crippen LogP contribution in [-0.4, -0.2) is 10.5 Å². The van der Waals surface area contributed by atoms with Crippen LogP contribution < -0.4 is 10.9 Å². The fourth-order valence-electron chi connectivity index (χ4n) is 2.75. The van der Waals surface area contributed by atoms with E-state index in [0.717, 1.165) is 11.3 Å². The first kappa shape index (κ1) is 17.9. The molecular weight excluding hydrogens is 307 g/mol. The molecule has 4 nitrogen and oxygen atoms in total. The Morgan fingerprint density at radius 1 is 1.17 bits per heavy atom. The van der Waals surface area contributed by atoms with E-state index in [9.17, 15) is 14.0 Å². The highest BCUT2D eigenvalue weighted by Gasteiger charge is 2.18. The van der Waals surface area contributed by atoms with Gasteiger partial charge in [-0.2, -0.15) is 0 Å². The molecule has 0 aliphatic heterocycles. The molecule has 5 heteroatoms. The molecule has 1 atom stereocenters. The lowest BCUT2D eigenvalue weighted by molar-refractivity contribution is 0.0933. The number of aromatic nitrogens is 1. The third-order valence-electron chi connectivity index (χ3n) is 4.17. The van der Waals surface area contributed by atoms with Crippen molar-refractivity contribution in [2.45, 2.75) is 39.2 Å². The highest BCUT2D eigenvalue weighted by Crippen LogP contribution is 2.18. The van der Waals surface area contributed by atoms with Gasteiger partial charge in [0, 0.05) is 12.7 Å². The second-order valence-electron chi connectivity index (χ2n) is 6.18.